The van der Waals surface area contributed by atoms with E-state index in [1.807, 2.05) is 36.9 Å². The van der Waals surface area contributed by atoms with Gasteiger partial charge in [0.2, 0.25) is 5.91 Å². The summed E-state index contributed by atoms with van der Waals surface area (Å²) in [5.74, 6) is 1.44. The summed E-state index contributed by atoms with van der Waals surface area (Å²) in [5, 5.41) is 2.77. The maximum Gasteiger partial charge on any atom is 0.244 e. The van der Waals surface area contributed by atoms with Crippen LogP contribution in [0.3, 0.4) is 0 Å². The molecule has 8 heteroatoms. The van der Waals surface area contributed by atoms with Crippen LogP contribution in [-0.2, 0) is 11.3 Å². The minimum absolute atomic E-state index is 0.113. The molecule has 3 heterocycles. The Morgan fingerprint density at radius 3 is 2.05 bits per heavy atom. The number of aryl methyl sites for hydroxylation is 1. The third kappa shape index (κ3) is 10.2. The minimum Gasteiger partial charge on any atom is -0.382 e. The van der Waals surface area contributed by atoms with Gasteiger partial charge < -0.3 is 26.6 Å². The summed E-state index contributed by atoms with van der Waals surface area (Å²) in [6, 6.07) is 18.6. The molecule has 5 N–H and O–H groups in total. The maximum atomic E-state index is 12.0. The van der Waals surface area contributed by atoms with Gasteiger partial charge in [0, 0.05) is 6.54 Å². The van der Waals surface area contributed by atoms with Crippen LogP contribution in [-0.4, -0.2) is 53.5 Å². The van der Waals surface area contributed by atoms with Crippen molar-refractivity contribution in [2.45, 2.75) is 66.8 Å². The number of nitrogens with two attached hydrogens (primary N) is 2. The van der Waals surface area contributed by atoms with Gasteiger partial charge in [0.05, 0.1) is 6.54 Å². The molecule has 0 bridgehead atoms. The van der Waals surface area contributed by atoms with Crippen LogP contribution < -0.4 is 21.7 Å². The molecule has 0 aliphatic carbocycles. The van der Waals surface area contributed by atoms with Gasteiger partial charge in [-0.1, -0.05) is 88.7 Å². The molecular weight excluding hydrogens is 498 g/mol. The summed E-state index contributed by atoms with van der Waals surface area (Å²) >= 11 is 0. The van der Waals surface area contributed by atoms with E-state index in [0.717, 1.165) is 24.1 Å². The number of likely N-dealkylation sites (tertiary alicyclic amines) is 1. The molecule has 0 saturated carbocycles. The van der Waals surface area contributed by atoms with Crippen molar-refractivity contribution in [2.24, 2.45) is 5.73 Å². The highest BCUT2D eigenvalue weighted by Crippen LogP contribution is 2.32. The number of amides is 1. The predicted molar refractivity (Wildman–Crippen MR) is 169 cm³/mol. The molecule has 0 atom stereocenters. The normalized spacial score (nSPS) is 14.2. The fourth-order valence-corrected chi connectivity index (χ4v) is 4.41. The van der Waals surface area contributed by atoms with Crippen molar-refractivity contribution < 1.29 is 4.79 Å². The topological polar surface area (TPSA) is 113 Å². The molecule has 2 aliphatic rings. The molecule has 0 unspecified atom stereocenters. The predicted octanol–water partition coefficient (Wildman–Crippen LogP) is 5.87. The Bertz CT molecular complexity index is 1130. The molecule has 1 aromatic heterocycles. The number of rotatable bonds is 5. The lowest BCUT2D eigenvalue weighted by molar-refractivity contribution is -0.115. The number of piperidine rings is 1. The molecule has 1 fully saturated rings. The van der Waals surface area contributed by atoms with E-state index in [0.29, 0.717) is 29.7 Å². The average molecular weight is 548 g/mol. The van der Waals surface area contributed by atoms with Crippen LogP contribution in [0.5, 0.6) is 0 Å². The van der Waals surface area contributed by atoms with E-state index in [2.05, 4.69) is 70.4 Å². The summed E-state index contributed by atoms with van der Waals surface area (Å²) < 4.78 is 0. The number of anilines is 3. The smallest absolute Gasteiger partial charge is 0.244 e. The first kappa shape index (κ1) is 32.7. The first-order valence-electron chi connectivity index (χ1n) is 14.7. The number of hydrogen-bond donors (Lipinski definition) is 3. The number of carbonyl (C=O) groups excluding carboxylic acids is 1. The Morgan fingerprint density at radius 2 is 1.50 bits per heavy atom. The number of benzene rings is 2. The standard InChI is InChI=1S/C20H19N5O.C7H15N.C3H9N.C2H6/c1-13-22-19(21)18-20(23-13)25(12-17(26)24-18)11-14-7-9-16(10-8-14)15-5-3-2-4-6-15;1-2-8-6-4-3-5-7-8;1-2-3-4;1-2/h2-10H,11-12H2,1H3,(H,24,26)(H2,21,22,23);2-7H2,1H3;2-4H2,1H3;1-2H3. The van der Waals surface area contributed by atoms with Crippen LogP contribution in [0.15, 0.2) is 54.6 Å². The van der Waals surface area contributed by atoms with Crippen molar-refractivity contribution in [3.05, 3.63) is 66.0 Å². The first-order valence-corrected chi connectivity index (χ1v) is 14.7. The van der Waals surface area contributed by atoms with E-state index >= 15 is 0 Å². The van der Waals surface area contributed by atoms with Crippen LogP contribution in [0, 0.1) is 6.92 Å². The summed E-state index contributed by atoms with van der Waals surface area (Å²) in [7, 11) is 0. The highest BCUT2D eigenvalue weighted by molar-refractivity contribution is 6.03. The van der Waals surface area contributed by atoms with Gasteiger partial charge in [-0.25, -0.2) is 9.97 Å². The first-order chi connectivity index (χ1) is 19.4. The van der Waals surface area contributed by atoms with Crippen molar-refractivity contribution in [3.8, 4) is 11.1 Å². The number of aromatic nitrogens is 2. The van der Waals surface area contributed by atoms with Crippen LogP contribution >= 0.6 is 0 Å². The highest BCUT2D eigenvalue weighted by atomic mass is 16.2. The summed E-state index contributed by atoms with van der Waals surface area (Å²) in [5.41, 5.74) is 14.9. The molecule has 3 aromatic rings. The number of nitrogens with one attached hydrogen (secondary N) is 1. The number of nitrogens with zero attached hydrogens (tertiary/aromatic N) is 4. The fraction of sp³-hybridized carbons (Fsp3) is 0.469. The van der Waals surface area contributed by atoms with Gasteiger partial charge >= 0.3 is 0 Å². The third-order valence-corrected chi connectivity index (χ3v) is 6.55. The van der Waals surface area contributed by atoms with Gasteiger partial charge in [-0.15, -0.1) is 0 Å². The minimum atomic E-state index is -0.113. The Hall–Kier alpha value is -3.49. The zero-order chi connectivity index (χ0) is 29.3. The number of hydrogen-bond acceptors (Lipinski definition) is 7. The van der Waals surface area contributed by atoms with Crippen LogP contribution in [0.1, 0.15) is 64.8 Å². The zero-order valence-corrected chi connectivity index (χ0v) is 25.1. The second-order valence-electron chi connectivity index (χ2n) is 9.61. The average Bonchev–Trinajstić information content (AvgIpc) is 3.00. The summed E-state index contributed by atoms with van der Waals surface area (Å²) in [4.78, 5) is 25.1. The quantitative estimate of drug-likeness (QED) is 0.366. The van der Waals surface area contributed by atoms with E-state index in [1.54, 1.807) is 6.92 Å². The fourth-order valence-electron chi connectivity index (χ4n) is 4.41. The van der Waals surface area contributed by atoms with Gasteiger partial charge in [-0.05, 0) is 69.1 Å². The molecule has 5 rings (SSSR count). The van der Waals surface area contributed by atoms with Crippen molar-refractivity contribution in [2.75, 3.05) is 48.7 Å². The molecule has 1 saturated heterocycles. The second-order valence-corrected chi connectivity index (χ2v) is 9.61. The van der Waals surface area contributed by atoms with Crippen LogP contribution in [0.25, 0.3) is 11.1 Å². The lowest BCUT2D eigenvalue weighted by Gasteiger charge is -2.30. The Kier molecular flexibility index (Phi) is 14.7. The van der Waals surface area contributed by atoms with E-state index < -0.39 is 0 Å². The van der Waals surface area contributed by atoms with Crippen molar-refractivity contribution >= 4 is 23.2 Å². The van der Waals surface area contributed by atoms with Crippen LogP contribution in [0.4, 0.5) is 17.3 Å². The lowest BCUT2D eigenvalue weighted by atomic mass is 10.0. The molecule has 40 heavy (non-hydrogen) atoms. The molecule has 1 amide bonds. The van der Waals surface area contributed by atoms with E-state index in [4.69, 9.17) is 11.5 Å². The van der Waals surface area contributed by atoms with E-state index in [-0.39, 0.29) is 12.5 Å². The Morgan fingerprint density at radius 1 is 0.900 bits per heavy atom. The SMILES string of the molecule is CC.CCCN.CCN1CCCCC1.Cc1nc(N)c2c(n1)N(Cc1ccc(-c3ccccc3)cc1)CC(=O)N2. The molecule has 218 valence electrons. The Balaban J connectivity index is 0.000000332. The zero-order valence-electron chi connectivity index (χ0n) is 25.1. The maximum absolute atomic E-state index is 12.0. The third-order valence-electron chi connectivity index (χ3n) is 6.55. The van der Waals surface area contributed by atoms with Gasteiger partial charge in [-0.2, -0.15) is 0 Å². The van der Waals surface area contributed by atoms with Gasteiger partial charge in [-0.3, -0.25) is 4.79 Å². The molecule has 8 nitrogen and oxygen atoms in total. The highest BCUT2D eigenvalue weighted by Gasteiger charge is 2.26. The lowest BCUT2D eigenvalue weighted by Crippen LogP contribution is -2.39. The molecule has 0 spiro atoms. The van der Waals surface area contributed by atoms with Gasteiger partial charge in [0.25, 0.3) is 0 Å². The van der Waals surface area contributed by atoms with Gasteiger partial charge in [0.15, 0.2) is 11.6 Å². The summed E-state index contributed by atoms with van der Waals surface area (Å²) in [6.45, 7) is 15.7. The number of fused-ring (bicyclic) bond motifs is 1. The van der Waals surface area contributed by atoms with Gasteiger partial charge in [0.1, 0.15) is 11.5 Å². The van der Waals surface area contributed by atoms with Crippen molar-refractivity contribution in [1.29, 1.82) is 0 Å². The number of carbonyl (C=O) groups is 1. The second kappa shape index (κ2) is 18.0. The molecule has 2 aliphatic heterocycles. The molecule has 0 radical (unpaired) electrons. The summed E-state index contributed by atoms with van der Waals surface area (Å²) in [6.07, 6.45) is 5.40. The van der Waals surface area contributed by atoms with Crippen molar-refractivity contribution in [3.63, 3.8) is 0 Å². The largest absolute Gasteiger partial charge is 0.382 e. The monoisotopic (exact) mass is 547 g/mol. The van der Waals surface area contributed by atoms with E-state index in [9.17, 15) is 4.79 Å². The van der Waals surface area contributed by atoms with Crippen LogP contribution in [0.2, 0.25) is 0 Å². The van der Waals surface area contributed by atoms with E-state index in [1.165, 1.54) is 44.5 Å². The Labute approximate surface area is 241 Å². The number of nitrogen functional groups attached to an aromatic ring is 1. The molecular formula is C32H49N7O. The molecule has 2 aromatic carbocycles. The van der Waals surface area contributed by atoms with Crippen molar-refractivity contribution in [1.82, 2.24) is 14.9 Å².